The molecule has 1 aromatic carbocycles. The molecule has 0 radical (unpaired) electrons. The van der Waals surface area contributed by atoms with Crippen LogP contribution in [0.3, 0.4) is 0 Å². The minimum Gasteiger partial charge on any atom is -0.487 e. The van der Waals surface area contributed by atoms with Crippen molar-refractivity contribution in [1.29, 1.82) is 0 Å². The molecule has 0 aliphatic heterocycles. The van der Waals surface area contributed by atoms with Crippen LogP contribution in [0.4, 0.5) is 0 Å². The van der Waals surface area contributed by atoms with Gasteiger partial charge in [-0.25, -0.2) is 4.98 Å². The molecule has 0 amide bonds. The van der Waals surface area contributed by atoms with E-state index in [0.29, 0.717) is 21.5 Å². The van der Waals surface area contributed by atoms with Crippen LogP contribution in [-0.4, -0.2) is 16.3 Å². The molecule has 0 N–H and O–H groups in total. The fourth-order valence-electron chi connectivity index (χ4n) is 1.64. The topological polar surface area (TPSA) is 48.4 Å². The normalized spacial score (nSPS) is 12.2. The van der Waals surface area contributed by atoms with Gasteiger partial charge in [0.25, 0.3) is 0 Å². The number of ether oxygens (including phenoxy) is 2. The van der Waals surface area contributed by atoms with Crippen molar-refractivity contribution < 1.29 is 14.3 Å². The largest absolute Gasteiger partial charge is 0.487 e. The zero-order valence-electron chi connectivity index (χ0n) is 12.0. The number of carbonyl (C=O) groups excluding carboxylic acids is 1. The molecular weight excluding hydrogens is 361 g/mol. The summed E-state index contributed by atoms with van der Waals surface area (Å²) in [6, 6.07) is 8.43. The molecule has 1 heterocycles. The lowest BCUT2D eigenvalue weighted by molar-refractivity contribution is -0.107. The number of carbonyl (C=O) groups is 1. The van der Waals surface area contributed by atoms with Gasteiger partial charge in [0.2, 0.25) is 11.1 Å². The van der Waals surface area contributed by atoms with Gasteiger partial charge in [-0.1, -0.05) is 23.2 Å². The van der Waals surface area contributed by atoms with Gasteiger partial charge in [-0.3, -0.25) is 4.79 Å². The van der Waals surface area contributed by atoms with E-state index in [1.807, 2.05) is 0 Å². The van der Waals surface area contributed by atoms with Crippen molar-refractivity contribution in [2.75, 3.05) is 0 Å². The second-order valence-electron chi connectivity index (χ2n) is 4.50. The van der Waals surface area contributed by atoms with Gasteiger partial charge in [-0.05, 0) is 61.0 Å². The zero-order chi connectivity index (χ0) is 16.8. The van der Waals surface area contributed by atoms with Crippen LogP contribution >= 0.6 is 34.8 Å². The molecule has 2 rings (SSSR count). The van der Waals surface area contributed by atoms with Crippen LogP contribution in [0.2, 0.25) is 10.0 Å². The predicted octanol–water partition coefficient (Wildman–Crippen LogP) is 5.27. The first kappa shape index (κ1) is 17.6. The SMILES string of the molecule is CC(/C=C/C(=O)Cl)Oc1ccc(Oc2ncc(Cl)cc2Cl)cc1. The average Bonchev–Trinajstić information content (AvgIpc) is 2.50. The Labute approximate surface area is 148 Å². The second kappa shape index (κ2) is 8.20. The highest BCUT2D eigenvalue weighted by atomic mass is 35.5. The molecule has 0 saturated heterocycles. The first-order valence-corrected chi connectivity index (χ1v) is 7.70. The molecule has 4 nitrogen and oxygen atoms in total. The zero-order valence-corrected chi connectivity index (χ0v) is 14.3. The van der Waals surface area contributed by atoms with Crippen LogP contribution < -0.4 is 9.47 Å². The van der Waals surface area contributed by atoms with E-state index in [2.05, 4.69) is 4.98 Å². The number of halogens is 3. The van der Waals surface area contributed by atoms with E-state index in [1.165, 1.54) is 12.3 Å². The number of benzene rings is 1. The Morgan fingerprint density at radius 3 is 2.48 bits per heavy atom. The number of hydrogen-bond donors (Lipinski definition) is 0. The molecule has 0 aliphatic carbocycles. The summed E-state index contributed by atoms with van der Waals surface area (Å²) in [5.41, 5.74) is 0. The van der Waals surface area contributed by atoms with Gasteiger partial charge in [-0.15, -0.1) is 0 Å². The molecule has 0 bridgehead atoms. The number of pyridine rings is 1. The lowest BCUT2D eigenvalue weighted by atomic mass is 10.3. The van der Waals surface area contributed by atoms with Crippen molar-refractivity contribution in [1.82, 2.24) is 4.98 Å². The van der Waals surface area contributed by atoms with Crippen molar-refractivity contribution in [2.45, 2.75) is 13.0 Å². The standard InChI is InChI=1S/C16H12Cl3NO3/c1-10(2-7-15(19)21)22-12-3-5-13(6-4-12)23-16-14(18)8-11(17)9-20-16/h2-10H,1H3/b7-2+. The van der Waals surface area contributed by atoms with Crippen molar-refractivity contribution in [3.05, 3.63) is 58.7 Å². The fourth-order valence-corrected chi connectivity index (χ4v) is 2.13. The maximum atomic E-state index is 10.6. The van der Waals surface area contributed by atoms with Gasteiger partial charge >= 0.3 is 0 Å². The van der Waals surface area contributed by atoms with Crippen LogP contribution in [-0.2, 0) is 4.79 Å². The predicted molar refractivity (Wildman–Crippen MR) is 90.9 cm³/mol. The minimum absolute atomic E-state index is 0.265. The number of hydrogen-bond acceptors (Lipinski definition) is 4. The van der Waals surface area contributed by atoms with E-state index in [9.17, 15) is 4.79 Å². The van der Waals surface area contributed by atoms with E-state index >= 15 is 0 Å². The third-order valence-corrected chi connectivity index (χ3v) is 3.24. The Morgan fingerprint density at radius 2 is 1.87 bits per heavy atom. The van der Waals surface area contributed by atoms with Gasteiger partial charge < -0.3 is 9.47 Å². The van der Waals surface area contributed by atoms with E-state index in [1.54, 1.807) is 43.3 Å². The summed E-state index contributed by atoms with van der Waals surface area (Å²) >= 11 is 17.0. The van der Waals surface area contributed by atoms with Crippen molar-refractivity contribution in [3.63, 3.8) is 0 Å². The van der Waals surface area contributed by atoms with Gasteiger partial charge in [0.05, 0.1) is 5.02 Å². The number of nitrogens with zero attached hydrogens (tertiary/aromatic N) is 1. The molecule has 0 aliphatic rings. The molecule has 1 unspecified atom stereocenters. The summed E-state index contributed by atoms with van der Waals surface area (Å²) in [4.78, 5) is 14.7. The highest BCUT2D eigenvalue weighted by molar-refractivity contribution is 6.66. The molecule has 1 atom stereocenters. The lowest BCUT2D eigenvalue weighted by Gasteiger charge is -2.11. The highest BCUT2D eigenvalue weighted by Gasteiger charge is 2.07. The molecule has 0 fully saturated rings. The number of rotatable bonds is 6. The van der Waals surface area contributed by atoms with Crippen LogP contribution in [0.5, 0.6) is 17.4 Å². The fraction of sp³-hybridized carbons (Fsp3) is 0.125. The summed E-state index contributed by atoms with van der Waals surface area (Å²) < 4.78 is 11.2. The smallest absolute Gasteiger partial charge is 0.244 e. The van der Waals surface area contributed by atoms with Crippen molar-refractivity contribution >= 4 is 40.0 Å². The maximum absolute atomic E-state index is 10.6. The quantitative estimate of drug-likeness (QED) is 0.512. The summed E-state index contributed by atoms with van der Waals surface area (Å²) in [5.74, 6) is 1.43. The third-order valence-electron chi connectivity index (χ3n) is 2.63. The summed E-state index contributed by atoms with van der Waals surface area (Å²) in [6.07, 6.45) is 3.97. The second-order valence-corrected chi connectivity index (χ2v) is 5.72. The van der Waals surface area contributed by atoms with Crippen molar-refractivity contribution in [2.24, 2.45) is 0 Å². The van der Waals surface area contributed by atoms with Gasteiger partial charge in [0.1, 0.15) is 22.6 Å². The summed E-state index contributed by atoms with van der Waals surface area (Å²) in [6.45, 7) is 1.79. The highest BCUT2D eigenvalue weighted by Crippen LogP contribution is 2.30. The lowest BCUT2D eigenvalue weighted by Crippen LogP contribution is -2.08. The van der Waals surface area contributed by atoms with E-state index in [0.717, 1.165) is 0 Å². The van der Waals surface area contributed by atoms with Gasteiger partial charge in [-0.2, -0.15) is 0 Å². The molecule has 7 heteroatoms. The number of aromatic nitrogens is 1. The van der Waals surface area contributed by atoms with E-state index in [4.69, 9.17) is 44.3 Å². The van der Waals surface area contributed by atoms with Crippen LogP contribution in [0.1, 0.15) is 6.92 Å². The summed E-state index contributed by atoms with van der Waals surface area (Å²) in [7, 11) is 0. The number of allylic oxidation sites excluding steroid dienone is 1. The van der Waals surface area contributed by atoms with Gasteiger partial charge in [0.15, 0.2) is 0 Å². The molecule has 2 aromatic rings. The van der Waals surface area contributed by atoms with Crippen molar-refractivity contribution in [3.8, 4) is 17.4 Å². The van der Waals surface area contributed by atoms with E-state index < -0.39 is 5.24 Å². The van der Waals surface area contributed by atoms with Crippen LogP contribution in [0.25, 0.3) is 0 Å². The molecule has 0 saturated carbocycles. The Morgan fingerprint density at radius 1 is 1.22 bits per heavy atom. The molecule has 0 spiro atoms. The minimum atomic E-state index is -0.545. The Kier molecular flexibility index (Phi) is 6.28. The first-order chi connectivity index (χ1) is 10.9. The maximum Gasteiger partial charge on any atom is 0.244 e. The Hall–Kier alpha value is -1.75. The van der Waals surface area contributed by atoms with E-state index in [-0.39, 0.29) is 12.0 Å². The molecule has 23 heavy (non-hydrogen) atoms. The van der Waals surface area contributed by atoms with Crippen LogP contribution in [0, 0.1) is 0 Å². The van der Waals surface area contributed by atoms with Crippen LogP contribution in [0.15, 0.2) is 48.7 Å². The Bertz CT molecular complexity index is 717. The molecular formula is C16H12Cl3NO3. The van der Waals surface area contributed by atoms with Gasteiger partial charge in [0, 0.05) is 6.20 Å². The molecule has 120 valence electrons. The Balaban J connectivity index is 2.00. The summed E-state index contributed by atoms with van der Waals surface area (Å²) in [5, 5.41) is 0.211. The first-order valence-electron chi connectivity index (χ1n) is 6.57. The average molecular weight is 373 g/mol. The monoisotopic (exact) mass is 371 g/mol. The third kappa shape index (κ3) is 5.75. The molecule has 1 aromatic heterocycles.